The van der Waals surface area contributed by atoms with Crippen LogP contribution in [0.1, 0.15) is 11.1 Å². The molecule has 0 amide bonds. The average Bonchev–Trinajstić information content (AvgIpc) is 3.21. The van der Waals surface area contributed by atoms with Gasteiger partial charge in [0.1, 0.15) is 23.5 Å². The van der Waals surface area contributed by atoms with E-state index in [0.29, 0.717) is 28.1 Å². The van der Waals surface area contributed by atoms with Gasteiger partial charge in [0.2, 0.25) is 5.88 Å². The van der Waals surface area contributed by atoms with E-state index in [1.807, 2.05) is 42.6 Å². The van der Waals surface area contributed by atoms with Gasteiger partial charge in [0.15, 0.2) is 0 Å². The molecule has 0 saturated carbocycles. The van der Waals surface area contributed by atoms with Crippen molar-refractivity contribution < 1.29 is 9.47 Å². The summed E-state index contributed by atoms with van der Waals surface area (Å²) in [5, 5.41) is 20.8. The van der Waals surface area contributed by atoms with Crippen LogP contribution in [-0.4, -0.2) is 24.2 Å². The van der Waals surface area contributed by atoms with Gasteiger partial charge in [-0.3, -0.25) is 0 Å². The molecule has 29 heavy (non-hydrogen) atoms. The first kappa shape index (κ1) is 18.1. The van der Waals surface area contributed by atoms with Crippen molar-refractivity contribution in [2.24, 2.45) is 0 Å². The van der Waals surface area contributed by atoms with E-state index < -0.39 is 0 Å². The molecule has 1 N–H and O–H groups in total. The molecule has 0 bridgehead atoms. The fourth-order valence-electron chi connectivity index (χ4n) is 3.43. The largest absolute Gasteiger partial charge is 0.497 e. The van der Waals surface area contributed by atoms with Crippen molar-refractivity contribution in [1.29, 1.82) is 10.5 Å². The number of ether oxygens (including phenoxy) is 2. The van der Waals surface area contributed by atoms with Gasteiger partial charge in [-0.05, 0) is 23.8 Å². The van der Waals surface area contributed by atoms with Gasteiger partial charge in [0.25, 0.3) is 0 Å². The Hall–Kier alpha value is -4.29. The summed E-state index contributed by atoms with van der Waals surface area (Å²) in [6.45, 7) is 0. The Bertz CT molecular complexity index is 1290. The van der Waals surface area contributed by atoms with Crippen LogP contribution in [-0.2, 0) is 0 Å². The molecule has 2 heterocycles. The topological polar surface area (TPSA) is 94.7 Å². The SMILES string of the molecule is COc1ccc(-c2c(C#N)c(OC)nc(-c3c[nH]c4ccccc34)c2C#N)cc1. The van der Waals surface area contributed by atoms with Crippen molar-refractivity contribution >= 4 is 10.9 Å². The first-order valence-electron chi connectivity index (χ1n) is 8.85. The van der Waals surface area contributed by atoms with Crippen molar-refractivity contribution in [3.05, 3.63) is 65.9 Å². The van der Waals surface area contributed by atoms with E-state index in [1.54, 1.807) is 19.2 Å². The van der Waals surface area contributed by atoms with Gasteiger partial charge in [-0.15, -0.1) is 0 Å². The predicted molar refractivity (Wildman–Crippen MR) is 109 cm³/mol. The number of nitrogens with zero attached hydrogens (tertiary/aromatic N) is 3. The van der Waals surface area contributed by atoms with Crippen molar-refractivity contribution in [3.8, 4) is 46.2 Å². The third-order valence-corrected chi connectivity index (χ3v) is 4.80. The second-order valence-corrected chi connectivity index (χ2v) is 6.29. The van der Waals surface area contributed by atoms with Crippen LogP contribution < -0.4 is 9.47 Å². The lowest BCUT2D eigenvalue weighted by atomic mass is 9.92. The summed E-state index contributed by atoms with van der Waals surface area (Å²) in [6.07, 6.45) is 1.82. The fourth-order valence-corrected chi connectivity index (χ4v) is 3.43. The van der Waals surface area contributed by atoms with E-state index in [9.17, 15) is 10.5 Å². The van der Waals surface area contributed by atoms with E-state index in [-0.39, 0.29) is 11.4 Å². The molecule has 0 unspecified atom stereocenters. The van der Waals surface area contributed by atoms with Crippen LogP contribution >= 0.6 is 0 Å². The number of methoxy groups -OCH3 is 2. The van der Waals surface area contributed by atoms with Crippen LogP contribution in [0.25, 0.3) is 33.3 Å². The molecule has 0 aliphatic rings. The smallest absolute Gasteiger partial charge is 0.232 e. The van der Waals surface area contributed by atoms with Crippen molar-refractivity contribution in [3.63, 3.8) is 0 Å². The molecule has 4 rings (SSSR count). The number of hydrogen-bond acceptors (Lipinski definition) is 5. The zero-order chi connectivity index (χ0) is 20.4. The Balaban J connectivity index is 2.08. The summed E-state index contributed by atoms with van der Waals surface area (Å²) in [5.74, 6) is 0.862. The summed E-state index contributed by atoms with van der Waals surface area (Å²) in [6, 6.07) is 19.4. The monoisotopic (exact) mass is 380 g/mol. The number of nitriles is 2. The second-order valence-electron chi connectivity index (χ2n) is 6.29. The molecular formula is C23H16N4O2. The lowest BCUT2D eigenvalue weighted by Gasteiger charge is -2.14. The molecule has 2 aromatic carbocycles. The molecule has 0 radical (unpaired) electrons. The van der Waals surface area contributed by atoms with Gasteiger partial charge in [-0.25, -0.2) is 4.98 Å². The van der Waals surface area contributed by atoms with Crippen LogP contribution in [0.3, 0.4) is 0 Å². The number of rotatable bonds is 4. The minimum Gasteiger partial charge on any atom is -0.497 e. The van der Waals surface area contributed by atoms with E-state index in [4.69, 9.17) is 9.47 Å². The van der Waals surface area contributed by atoms with Crippen LogP contribution in [0.5, 0.6) is 11.6 Å². The van der Waals surface area contributed by atoms with Crippen LogP contribution in [0, 0.1) is 22.7 Å². The third kappa shape index (κ3) is 2.93. The lowest BCUT2D eigenvalue weighted by molar-refractivity contribution is 0.397. The summed E-state index contributed by atoms with van der Waals surface area (Å²) < 4.78 is 10.6. The molecule has 0 saturated heterocycles. The molecule has 0 spiro atoms. The average molecular weight is 380 g/mol. The van der Waals surface area contributed by atoms with Crippen molar-refractivity contribution in [2.75, 3.05) is 14.2 Å². The van der Waals surface area contributed by atoms with E-state index >= 15 is 0 Å². The number of fused-ring (bicyclic) bond motifs is 1. The van der Waals surface area contributed by atoms with Gasteiger partial charge in [-0.2, -0.15) is 10.5 Å². The maximum absolute atomic E-state index is 10.0. The summed E-state index contributed by atoms with van der Waals surface area (Å²) in [5.41, 5.74) is 3.91. The number of nitrogens with one attached hydrogen (secondary N) is 1. The number of hydrogen-bond donors (Lipinski definition) is 1. The van der Waals surface area contributed by atoms with E-state index in [1.165, 1.54) is 7.11 Å². The molecular weight excluding hydrogens is 364 g/mol. The Morgan fingerprint density at radius 2 is 1.62 bits per heavy atom. The standard InChI is InChI=1S/C23H16N4O2/c1-28-15-9-7-14(8-10-15)21-17(11-24)22(27-23(29-2)18(21)12-25)19-13-26-20-6-4-3-5-16(19)20/h3-10,13,26H,1-2H3. The first-order valence-corrected chi connectivity index (χ1v) is 8.85. The first-order chi connectivity index (χ1) is 14.2. The quantitative estimate of drug-likeness (QED) is 0.556. The van der Waals surface area contributed by atoms with E-state index in [2.05, 4.69) is 22.1 Å². The van der Waals surface area contributed by atoms with Crippen molar-refractivity contribution in [2.45, 2.75) is 0 Å². The number of aromatic amines is 1. The lowest BCUT2D eigenvalue weighted by Crippen LogP contribution is -2.02. The number of H-pyrrole nitrogens is 1. The number of aromatic nitrogens is 2. The van der Waals surface area contributed by atoms with Gasteiger partial charge in [0.05, 0.1) is 25.5 Å². The molecule has 4 aromatic rings. The highest BCUT2D eigenvalue weighted by Gasteiger charge is 2.24. The number of pyridine rings is 1. The van der Waals surface area contributed by atoms with E-state index in [0.717, 1.165) is 16.5 Å². The van der Waals surface area contributed by atoms with Crippen LogP contribution in [0.4, 0.5) is 0 Å². The molecule has 0 aliphatic carbocycles. The van der Waals surface area contributed by atoms with Crippen LogP contribution in [0.2, 0.25) is 0 Å². The minimum absolute atomic E-state index is 0.178. The van der Waals surface area contributed by atoms with Gasteiger partial charge >= 0.3 is 0 Å². The minimum atomic E-state index is 0.178. The zero-order valence-corrected chi connectivity index (χ0v) is 15.9. The Morgan fingerprint density at radius 1 is 0.897 bits per heavy atom. The Morgan fingerprint density at radius 3 is 2.28 bits per heavy atom. The second kappa shape index (κ2) is 7.38. The summed E-state index contributed by atoms with van der Waals surface area (Å²) in [7, 11) is 3.05. The molecule has 0 aliphatic heterocycles. The molecule has 6 nitrogen and oxygen atoms in total. The highest BCUT2D eigenvalue weighted by atomic mass is 16.5. The van der Waals surface area contributed by atoms with Gasteiger partial charge in [0, 0.05) is 28.2 Å². The molecule has 140 valence electrons. The normalized spacial score (nSPS) is 10.3. The van der Waals surface area contributed by atoms with Crippen LogP contribution in [0.15, 0.2) is 54.7 Å². The highest BCUT2D eigenvalue weighted by molar-refractivity contribution is 5.98. The predicted octanol–water partition coefficient (Wildman–Crippen LogP) is 4.66. The zero-order valence-electron chi connectivity index (χ0n) is 15.9. The molecule has 6 heteroatoms. The Labute approximate surface area is 167 Å². The molecule has 0 atom stereocenters. The van der Waals surface area contributed by atoms with Crippen molar-refractivity contribution in [1.82, 2.24) is 9.97 Å². The van der Waals surface area contributed by atoms with Gasteiger partial charge < -0.3 is 14.5 Å². The summed E-state index contributed by atoms with van der Waals surface area (Å²) in [4.78, 5) is 7.74. The molecule has 0 fully saturated rings. The molecule has 2 aromatic heterocycles. The third-order valence-electron chi connectivity index (χ3n) is 4.80. The fraction of sp³-hybridized carbons (Fsp3) is 0.0870. The Kier molecular flexibility index (Phi) is 4.60. The maximum Gasteiger partial charge on any atom is 0.232 e. The highest BCUT2D eigenvalue weighted by Crippen LogP contribution is 2.40. The number of para-hydroxylation sites is 1. The summed E-state index contributed by atoms with van der Waals surface area (Å²) >= 11 is 0. The van der Waals surface area contributed by atoms with Gasteiger partial charge in [-0.1, -0.05) is 30.3 Å². The maximum atomic E-state index is 10.0. The number of benzene rings is 2.